The zero-order valence-corrected chi connectivity index (χ0v) is 11.8. The number of aliphatic hydroxyl groups is 1. The molecule has 0 saturated heterocycles. The molecular weight excluding hydrogens is 229 g/mol. The van der Waals surface area contributed by atoms with Crippen molar-refractivity contribution in [3.8, 4) is 0 Å². The molecule has 1 aromatic rings. The number of benzene rings is 1. The molecule has 1 rings (SSSR count). The Morgan fingerprint density at radius 1 is 1.11 bits per heavy atom. The van der Waals surface area contributed by atoms with Gasteiger partial charge in [0.1, 0.15) is 5.82 Å². The van der Waals surface area contributed by atoms with E-state index in [4.69, 9.17) is 0 Å². The highest BCUT2D eigenvalue weighted by Crippen LogP contribution is 2.17. The smallest absolute Gasteiger partial charge is 0.123 e. The molecule has 0 aliphatic heterocycles. The third-order valence-corrected chi connectivity index (χ3v) is 2.82. The lowest BCUT2D eigenvalue weighted by atomic mass is 9.93. The largest absolute Gasteiger partial charge is 0.390 e. The Bertz CT molecular complexity index is 365. The summed E-state index contributed by atoms with van der Waals surface area (Å²) in [4.78, 5) is 0. The highest BCUT2D eigenvalue weighted by molar-refractivity contribution is 5.17. The Hall–Kier alpha value is -0.930. The Labute approximate surface area is 109 Å². The van der Waals surface area contributed by atoms with Crippen molar-refractivity contribution in [2.75, 3.05) is 6.54 Å². The minimum atomic E-state index is -0.768. The summed E-state index contributed by atoms with van der Waals surface area (Å²) in [5.74, 6) is -0.243. The van der Waals surface area contributed by atoms with Gasteiger partial charge in [0.2, 0.25) is 0 Å². The summed E-state index contributed by atoms with van der Waals surface area (Å²) >= 11 is 0. The second-order valence-electron chi connectivity index (χ2n) is 6.23. The summed E-state index contributed by atoms with van der Waals surface area (Å²) in [7, 11) is 0. The molecule has 0 heterocycles. The van der Waals surface area contributed by atoms with Gasteiger partial charge in [-0.3, -0.25) is 0 Å². The quantitative estimate of drug-likeness (QED) is 0.845. The normalized spacial score (nSPS) is 15.4. The Balaban J connectivity index is 2.46. The molecule has 0 spiro atoms. The van der Waals surface area contributed by atoms with Crippen molar-refractivity contribution >= 4 is 0 Å². The van der Waals surface area contributed by atoms with E-state index in [9.17, 15) is 9.50 Å². The zero-order valence-electron chi connectivity index (χ0n) is 11.8. The fraction of sp³-hybridized carbons (Fsp3) is 0.600. The molecule has 3 heteroatoms. The molecule has 0 aliphatic carbocycles. The molecule has 1 unspecified atom stereocenters. The minimum Gasteiger partial charge on any atom is -0.390 e. The third kappa shape index (κ3) is 6.12. The van der Waals surface area contributed by atoms with Crippen LogP contribution in [-0.2, 0) is 6.42 Å². The lowest BCUT2D eigenvalue weighted by molar-refractivity contribution is 0.0499. The molecule has 18 heavy (non-hydrogen) atoms. The fourth-order valence-corrected chi connectivity index (χ4v) is 1.84. The van der Waals surface area contributed by atoms with E-state index in [-0.39, 0.29) is 11.4 Å². The van der Waals surface area contributed by atoms with Crippen LogP contribution >= 0.6 is 0 Å². The predicted octanol–water partition coefficient (Wildman–Crippen LogP) is 2.90. The molecule has 1 atom stereocenters. The van der Waals surface area contributed by atoms with Crippen LogP contribution in [0.25, 0.3) is 0 Å². The molecule has 0 bridgehead atoms. The maximum absolute atomic E-state index is 12.8. The van der Waals surface area contributed by atoms with Crippen molar-refractivity contribution in [2.24, 2.45) is 0 Å². The summed E-state index contributed by atoms with van der Waals surface area (Å²) in [6.07, 6.45) is 1.21. The molecule has 0 amide bonds. The number of hydrogen-bond donors (Lipinski definition) is 2. The van der Waals surface area contributed by atoms with E-state index in [0.717, 1.165) is 12.1 Å². The monoisotopic (exact) mass is 253 g/mol. The van der Waals surface area contributed by atoms with Crippen LogP contribution in [0.2, 0.25) is 0 Å². The lowest BCUT2D eigenvalue weighted by Gasteiger charge is -2.27. The first kappa shape index (κ1) is 15.1. The van der Waals surface area contributed by atoms with Gasteiger partial charge in [0.05, 0.1) is 5.60 Å². The third-order valence-electron chi connectivity index (χ3n) is 2.82. The second-order valence-corrected chi connectivity index (χ2v) is 6.23. The first-order valence-electron chi connectivity index (χ1n) is 6.40. The van der Waals surface area contributed by atoms with Crippen LogP contribution in [0.4, 0.5) is 4.39 Å². The highest BCUT2D eigenvalue weighted by atomic mass is 19.1. The van der Waals surface area contributed by atoms with Crippen LogP contribution in [0.3, 0.4) is 0 Å². The summed E-state index contributed by atoms with van der Waals surface area (Å²) in [6.45, 7) is 8.88. The van der Waals surface area contributed by atoms with E-state index in [2.05, 4.69) is 26.1 Å². The van der Waals surface area contributed by atoms with Crippen molar-refractivity contribution < 1.29 is 9.50 Å². The van der Waals surface area contributed by atoms with Gasteiger partial charge in [-0.25, -0.2) is 4.39 Å². The van der Waals surface area contributed by atoms with Gasteiger partial charge >= 0.3 is 0 Å². The fourth-order valence-electron chi connectivity index (χ4n) is 1.84. The summed E-state index contributed by atoms with van der Waals surface area (Å²) in [5, 5.41) is 13.7. The minimum absolute atomic E-state index is 0.0615. The SMILES string of the molecule is CC(O)(CCNC(C)(C)C)Cc1ccc(F)cc1. The van der Waals surface area contributed by atoms with Crippen LogP contribution in [0, 0.1) is 5.82 Å². The lowest BCUT2D eigenvalue weighted by Crippen LogP contribution is -2.40. The number of halogens is 1. The van der Waals surface area contributed by atoms with E-state index in [1.54, 1.807) is 12.1 Å². The van der Waals surface area contributed by atoms with Crippen LogP contribution in [0.1, 0.15) is 39.7 Å². The van der Waals surface area contributed by atoms with Crippen LogP contribution in [0.15, 0.2) is 24.3 Å². The average Bonchev–Trinajstić information content (AvgIpc) is 2.18. The molecule has 102 valence electrons. The van der Waals surface area contributed by atoms with Crippen molar-refractivity contribution in [1.29, 1.82) is 0 Å². The molecule has 2 N–H and O–H groups in total. The van der Waals surface area contributed by atoms with E-state index >= 15 is 0 Å². The van der Waals surface area contributed by atoms with Crippen molar-refractivity contribution in [3.05, 3.63) is 35.6 Å². The van der Waals surface area contributed by atoms with Crippen molar-refractivity contribution in [1.82, 2.24) is 5.32 Å². The molecule has 2 nitrogen and oxygen atoms in total. The van der Waals surface area contributed by atoms with Gasteiger partial charge in [-0.2, -0.15) is 0 Å². The van der Waals surface area contributed by atoms with Gasteiger partial charge in [-0.15, -0.1) is 0 Å². The Morgan fingerprint density at radius 3 is 2.17 bits per heavy atom. The number of hydrogen-bond acceptors (Lipinski definition) is 2. The van der Waals surface area contributed by atoms with E-state index in [1.165, 1.54) is 12.1 Å². The molecule has 0 radical (unpaired) electrons. The van der Waals surface area contributed by atoms with Gasteiger partial charge in [-0.05, 0) is 58.4 Å². The average molecular weight is 253 g/mol. The molecule has 0 saturated carbocycles. The first-order chi connectivity index (χ1) is 8.18. The Morgan fingerprint density at radius 2 is 1.67 bits per heavy atom. The molecule has 1 aromatic carbocycles. The predicted molar refractivity (Wildman–Crippen MR) is 73.1 cm³/mol. The molecular formula is C15H24FNO. The van der Waals surface area contributed by atoms with Crippen molar-refractivity contribution in [2.45, 2.75) is 51.7 Å². The highest BCUT2D eigenvalue weighted by Gasteiger charge is 2.21. The van der Waals surface area contributed by atoms with Crippen LogP contribution in [0.5, 0.6) is 0 Å². The van der Waals surface area contributed by atoms with E-state index < -0.39 is 5.60 Å². The second kappa shape index (κ2) is 5.81. The van der Waals surface area contributed by atoms with E-state index in [0.29, 0.717) is 12.8 Å². The molecule has 0 aromatic heterocycles. The maximum atomic E-state index is 12.8. The molecule has 0 aliphatic rings. The standard InChI is InChI=1S/C15H24FNO/c1-14(2,3)17-10-9-15(4,18)11-12-5-7-13(16)8-6-12/h5-8,17-18H,9-11H2,1-4H3. The summed E-state index contributed by atoms with van der Waals surface area (Å²) in [5.41, 5.74) is 0.249. The van der Waals surface area contributed by atoms with Crippen LogP contribution < -0.4 is 5.32 Å². The first-order valence-corrected chi connectivity index (χ1v) is 6.40. The van der Waals surface area contributed by atoms with Crippen LogP contribution in [-0.4, -0.2) is 22.8 Å². The summed E-state index contributed by atoms with van der Waals surface area (Å²) < 4.78 is 12.8. The van der Waals surface area contributed by atoms with Gasteiger partial charge < -0.3 is 10.4 Å². The van der Waals surface area contributed by atoms with Gasteiger partial charge in [-0.1, -0.05) is 12.1 Å². The number of nitrogens with one attached hydrogen (secondary N) is 1. The maximum Gasteiger partial charge on any atom is 0.123 e. The van der Waals surface area contributed by atoms with E-state index in [1.807, 2.05) is 6.92 Å². The van der Waals surface area contributed by atoms with Gasteiger partial charge in [0.25, 0.3) is 0 Å². The molecule has 0 fully saturated rings. The number of rotatable bonds is 5. The Kier molecular flexibility index (Phi) is 4.88. The van der Waals surface area contributed by atoms with Gasteiger partial charge in [0.15, 0.2) is 0 Å². The zero-order chi connectivity index (χ0) is 13.8. The topological polar surface area (TPSA) is 32.3 Å². The van der Waals surface area contributed by atoms with Gasteiger partial charge in [0, 0.05) is 12.0 Å². The van der Waals surface area contributed by atoms with Crippen molar-refractivity contribution in [3.63, 3.8) is 0 Å². The summed E-state index contributed by atoms with van der Waals surface area (Å²) in [6, 6.07) is 6.31.